The molecular formula is C20H12BrClN4O5S. The predicted molar refractivity (Wildman–Crippen MR) is 125 cm³/mol. The van der Waals surface area contributed by atoms with Gasteiger partial charge in [0.25, 0.3) is 5.91 Å². The molecule has 0 fully saturated rings. The molecule has 0 unspecified atom stereocenters. The van der Waals surface area contributed by atoms with Crippen LogP contribution in [0.15, 0.2) is 68.6 Å². The maximum absolute atomic E-state index is 12.9. The second kappa shape index (κ2) is 9.47. The van der Waals surface area contributed by atoms with Crippen LogP contribution in [-0.4, -0.2) is 28.6 Å². The monoisotopic (exact) mass is 534 g/mol. The topological polar surface area (TPSA) is 111 Å². The van der Waals surface area contributed by atoms with E-state index in [1.807, 2.05) is 18.2 Å². The SMILES string of the molecule is O=C(COc1ccc(Cl)cc1)N(/N=C/c1ccc([N+](=O)[O-])o1)c1nc2ccc(Br)cc2s1. The number of hydrogen-bond acceptors (Lipinski definition) is 8. The van der Waals surface area contributed by atoms with Crippen molar-refractivity contribution < 1.29 is 18.9 Å². The zero-order valence-electron chi connectivity index (χ0n) is 16.0. The number of fused-ring (bicyclic) bond motifs is 1. The average Bonchev–Trinajstić information content (AvgIpc) is 3.40. The number of hydrazone groups is 1. The number of nitrogens with zero attached hydrogens (tertiary/aromatic N) is 4. The summed E-state index contributed by atoms with van der Waals surface area (Å²) in [5, 5.41) is 16.9. The Labute approximate surface area is 198 Å². The van der Waals surface area contributed by atoms with Gasteiger partial charge in [-0.1, -0.05) is 38.9 Å². The number of aromatic nitrogens is 1. The number of ether oxygens (including phenoxy) is 1. The molecule has 0 aliphatic heterocycles. The Morgan fingerprint density at radius 1 is 1.28 bits per heavy atom. The van der Waals surface area contributed by atoms with Crippen LogP contribution in [0.2, 0.25) is 5.02 Å². The standard InChI is InChI=1S/C20H12BrClN4O5S/c21-12-1-7-16-17(9-12)32-20(24-16)25(23-10-15-6-8-19(31-15)26(28)29)18(27)11-30-14-4-2-13(22)3-5-14/h1-10H,11H2/b23-10+. The molecule has 2 heterocycles. The minimum atomic E-state index is -0.661. The second-order valence-electron chi connectivity index (χ2n) is 6.23. The summed E-state index contributed by atoms with van der Waals surface area (Å²) < 4.78 is 12.3. The van der Waals surface area contributed by atoms with Gasteiger partial charge in [0.1, 0.15) is 10.7 Å². The third-order valence-corrected chi connectivity index (χ3v) is 5.76. The van der Waals surface area contributed by atoms with Gasteiger partial charge in [-0.05, 0) is 48.5 Å². The van der Waals surface area contributed by atoms with Gasteiger partial charge in [0.05, 0.1) is 22.5 Å². The van der Waals surface area contributed by atoms with Crippen molar-refractivity contribution in [3.8, 4) is 5.75 Å². The summed E-state index contributed by atoms with van der Waals surface area (Å²) in [6, 6.07) is 14.7. The van der Waals surface area contributed by atoms with E-state index in [2.05, 4.69) is 26.0 Å². The first kappa shape index (κ1) is 21.9. The molecule has 4 rings (SSSR count). The van der Waals surface area contributed by atoms with Crippen molar-refractivity contribution in [1.82, 2.24) is 4.98 Å². The molecule has 0 radical (unpaired) electrons. The lowest BCUT2D eigenvalue weighted by Gasteiger charge is -2.14. The van der Waals surface area contributed by atoms with Crippen LogP contribution in [0, 0.1) is 10.1 Å². The number of rotatable bonds is 7. The molecule has 0 atom stereocenters. The van der Waals surface area contributed by atoms with E-state index in [0.29, 0.717) is 21.4 Å². The Kier molecular flexibility index (Phi) is 6.49. The number of hydrogen-bond donors (Lipinski definition) is 0. The summed E-state index contributed by atoms with van der Waals surface area (Å²) in [7, 11) is 0. The lowest BCUT2D eigenvalue weighted by molar-refractivity contribution is -0.402. The molecule has 2 aromatic heterocycles. The Hall–Kier alpha value is -3.28. The molecule has 0 aliphatic carbocycles. The van der Waals surface area contributed by atoms with Gasteiger partial charge in [-0.25, -0.2) is 4.98 Å². The number of anilines is 1. The van der Waals surface area contributed by atoms with Crippen molar-refractivity contribution in [1.29, 1.82) is 0 Å². The minimum Gasteiger partial charge on any atom is -0.484 e. The third-order valence-electron chi connectivity index (χ3n) is 4.03. The highest BCUT2D eigenvalue weighted by Gasteiger charge is 2.21. The van der Waals surface area contributed by atoms with Crippen molar-refractivity contribution >= 4 is 72.2 Å². The van der Waals surface area contributed by atoms with E-state index in [4.69, 9.17) is 20.8 Å². The van der Waals surface area contributed by atoms with Gasteiger partial charge in [-0.2, -0.15) is 10.1 Å². The number of halogens is 2. The fourth-order valence-electron chi connectivity index (χ4n) is 2.56. The number of thiazole rings is 1. The van der Waals surface area contributed by atoms with Crippen LogP contribution in [0.1, 0.15) is 5.76 Å². The molecule has 4 aromatic rings. The molecule has 0 aliphatic rings. The lowest BCUT2D eigenvalue weighted by atomic mass is 10.3. The molecule has 0 saturated heterocycles. The second-order valence-corrected chi connectivity index (χ2v) is 8.60. The van der Waals surface area contributed by atoms with E-state index in [1.54, 1.807) is 24.3 Å². The molecule has 9 nitrogen and oxygen atoms in total. The number of amides is 1. The molecule has 0 N–H and O–H groups in total. The van der Waals surface area contributed by atoms with Crippen molar-refractivity contribution in [3.63, 3.8) is 0 Å². The highest BCUT2D eigenvalue weighted by Crippen LogP contribution is 2.31. The molecule has 1 amide bonds. The molecule has 0 bridgehead atoms. The first-order valence-corrected chi connectivity index (χ1v) is 10.9. The Balaban J connectivity index is 1.61. The molecule has 32 heavy (non-hydrogen) atoms. The van der Waals surface area contributed by atoms with Gasteiger partial charge in [-0.3, -0.25) is 14.9 Å². The smallest absolute Gasteiger partial charge is 0.433 e. The molecular weight excluding hydrogens is 524 g/mol. The van der Waals surface area contributed by atoms with Crippen molar-refractivity contribution in [3.05, 3.63) is 80.0 Å². The maximum Gasteiger partial charge on any atom is 0.433 e. The third kappa shape index (κ3) is 5.13. The van der Waals surface area contributed by atoms with Gasteiger partial charge in [0.2, 0.25) is 5.13 Å². The van der Waals surface area contributed by atoms with Crippen LogP contribution in [-0.2, 0) is 4.79 Å². The lowest BCUT2D eigenvalue weighted by Crippen LogP contribution is -2.30. The van der Waals surface area contributed by atoms with Crippen molar-refractivity contribution in [2.75, 3.05) is 11.6 Å². The van der Waals surface area contributed by atoms with Crippen LogP contribution in [0.3, 0.4) is 0 Å². The summed E-state index contributed by atoms with van der Waals surface area (Å²) in [4.78, 5) is 27.6. The van der Waals surface area contributed by atoms with Crippen LogP contribution < -0.4 is 9.75 Å². The number of benzene rings is 2. The molecule has 12 heteroatoms. The van der Waals surface area contributed by atoms with Crippen molar-refractivity contribution in [2.24, 2.45) is 5.10 Å². The summed E-state index contributed by atoms with van der Waals surface area (Å²) in [5.41, 5.74) is 0.688. The Morgan fingerprint density at radius 3 is 2.78 bits per heavy atom. The van der Waals surface area contributed by atoms with Gasteiger partial charge in [0, 0.05) is 9.50 Å². The minimum absolute atomic E-state index is 0.108. The average molecular weight is 536 g/mol. The maximum atomic E-state index is 12.9. The van der Waals surface area contributed by atoms with Gasteiger partial charge in [0.15, 0.2) is 12.4 Å². The number of carbonyl (C=O) groups is 1. The van der Waals surface area contributed by atoms with Crippen LogP contribution >= 0.6 is 38.9 Å². The highest BCUT2D eigenvalue weighted by atomic mass is 79.9. The van der Waals surface area contributed by atoms with Gasteiger partial charge >= 0.3 is 5.88 Å². The number of furan rings is 1. The Morgan fingerprint density at radius 2 is 2.06 bits per heavy atom. The summed E-state index contributed by atoms with van der Waals surface area (Å²) >= 11 is 10.5. The van der Waals surface area contributed by atoms with E-state index < -0.39 is 16.7 Å². The summed E-state index contributed by atoms with van der Waals surface area (Å²) in [5.74, 6) is -0.367. The zero-order chi connectivity index (χ0) is 22.7. The fourth-order valence-corrected chi connectivity index (χ4v) is 4.18. The van der Waals surface area contributed by atoms with E-state index >= 15 is 0 Å². The first-order valence-electron chi connectivity index (χ1n) is 8.95. The Bertz CT molecular complexity index is 1320. The first-order chi connectivity index (χ1) is 15.4. The van der Waals surface area contributed by atoms with E-state index in [-0.39, 0.29) is 12.4 Å². The zero-order valence-corrected chi connectivity index (χ0v) is 19.1. The van der Waals surface area contributed by atoms with E-state index in [9.17, 15) is 14.9 Å². The van der Waals surface area contributed by atoms with Crippen molar-refractivity contribution in [2.45, 2.75) is 0 Å². The molecule has 0 saturated carbocycles. The molecule has 162 valence electrons. The summed E-state index contributed by atoms with van der Waals surface area (Å²) in [6.07, 6.45) is 1.20. The quantitative estimate of drug-likeness (QED) is 0.171. The number of carbonyl (C=O) groups excluding carboxylic acids is 1. The largest absolute Gasteiger partial charge is 0.484 e. The highest BCUT2D eigenvalue weighted by molar-refractivity contribution is 9.10. The normalized spacial score (nSPS) is 11.2. The van der Waals surface area contributed by atoms with Gasteiger partial charge < -0.3 is 9.15 Å². The van der Waals surface area contributed by atoms with Crippen LogP contribution in [0.5, 0.6) is 5.75 Å². The van der Waals surface area contributed by atoms with E-state index in [0.717, 1.165) is 14.2 Å². The molecule has 2 aromatic carbocycles. The fraction of sp³-hybridized carbons (Fsp3) is 0.0500. The van der Waals surface area contributed by atoms with Crippen LogP contribution in [0.4, 0.5) is 11.0 Å². The summed E-state index contributed by atoms with van der Waals surface area (Å²) in [6.45, 7) is -0.323. The molecule has 0 spiro atoms. The van der Waals surface area contributed by atoms with Gasteiger partial charge in [-0.15, -0.1) is 0 Å². The number of nitro groups is 1. The van der Waals surface area contributed by atoms with Crippen LogP contribution in [0.25, 0.3) is 10.2 Å². The predicted octanol–water partition coefficient (Wildman–Crippen LogP) is 5.66. The van der Waals surface area contributed by atoms with E-state index in [1.165, 1.54) is 29.7 Å².